The highest BCUT2D eigenvalue weighted by atomic mass is 127. The standard InChI is InChI=1S/C24H39N5O2.HI/c1-25-24(29-13-10-20(19-29)27-14-16-31-17-15-27)26-18-22(28-11-6-3-7-12-28)21-8-4-5-9-23(21)30-2;/h4-5,8-9,20,22H,3,6-7,10-19H2,1-2H3,(H,25,26);1H. The number of rotatable bonds is 6. The molecule has 2 atom stereocenters. The largest absolute Gasteiger partial charge is 0.496 e. The predicted molar refractivity (Wildman–Crippen MR) is 140 cm³/mol. The Balaban J connectivity index is 0.00000289. The van der Waals surface area contributed by atoms with Crippen LogP contribution in [-0.2, 0) is 4.74 Å². The molecular formula is C24H40IN5O2. The van der Waals surface area contributed by atoms with Crippen LogP contribution in [0, 0.1) is 0 Å². The number of morpholine rings is 1. The Morgan fingerprint density at radius 3 is 2.59 bits per heavy atom. The number of nitrogens with zero attached hydrogens (tertiary/aromatic N) is 4. The van der Waals surface area contributed by atoms with Gasteiger partial charge in [-0.25, -0.2) is 0 Å². The predicted octanol–water partition coefficient (Wildman–Crippen LogP) is 2.82. The van der Waals surface area contributed by atoms with Crippen molar-refractivity contribution in [3.8, 4) is 5.75 Å². The zero-order valence-corrected chi connectivity index (χ0v) is 22.0. The lowest BCUT2D eigenvalue weighted by Gasteiger charge is -2.36. The Bertz CT molecular complexity index is 722. The third-order valence-electron chi connectivity index (χ3n) is 7.02. The van der Waals surface area contributed by atoms with Gasteiger partial charge in [0.15, 0.2) is 5.96 Å². The van der Waals surface area contributed by atoms with E-state index in [0.29, 0.717) is 6.04 Å². The molecule has 0 bridgehead atoms. The maximum atomic E-state index is 5.72. The normalized spacial score (nSPS) is 24.1. The van der Waals surface area contributed by atoms with Gasteiger partial charge in [0, 0.05) is 51.4 Å². The molecule has 0 amide bonds. The molecule has 0 saturated carbocycles. The topological polar surface area (TPSA) is 52.6 Å². The van der Waals surface area contributed by atoms with E-state index in [1.165, 1.54) is 31.2 Å². The SMILES string of the molecule is CN=C(NCC(c1ccccc1OC)N1CCCCC1)N1CCC(N2CCOCC2)C1.I. The average molecular weight is 558 g/mol. The second-order valence-corrected chi connectivity index (χ2v) is 8.82. The highest BCUT2D eigenvalue weighted by molar-refractivity contribution is 14.0. The summed E-state index contributed by atoms with van der Waals surface area (Å²) in [6.45, 7) is 9.06. The number of hydrogen-bond donors (Lipinski definition) is 1. The molecule has 1 N–H and O–H groups in total. The molecule has 0 spiro atoms. The minimum absolute atomic E-state index is 0. The van der Waals surface area contributed by atoms with Crippen LogP contribution in [0.15, 0.2) is 29.3 Å². The van der Waals surface area contributed by atoms with Gasteiger partial charge in [-0.15, -0.1) is 24.0 Å². The molecule has 3 aliphatic heterocycles. The molecule has 7 nitrogen and oxygen atoms in total. The number of para-hydroxylation sites is 1. The molecule has 3 heterocycles. The number of methoxy groups -OCH3 is 1. The van der Waals surface area contributed by atoms with Crippen LogP contribution in [0.1, 0.15) is 37.3 Å². The quantitative estimate of drug-likeness (QED) is 0.330. The van der Waals surface area contributed by atoms with Crippen molar-refractivity contribution < 1.29 is 9.47 Å². The van der Waals surface area contributed by atoms with Crippen molar-refractivity contribution in [2.45, 2.75) is 37.8 Å². The molecule has 1 aromatic rings. The van der Waals surface area contributed by atoms with Crippen LogP contribution in [-0.4, -0.2) is 99.9 Å². The zero-order chi connectivity index (χ0) is 21.5. The zero-order valence-electron chi connectivity index (χ0n) is 19.7. The van der Waals surface area contributed by atoms with Crippen molar-refractivity contribution in [1.82, 2.24) is 20.0 Å². The molecule has 0 radical (unpaired) electrons. The lowest BCUT2D eigenvalue weighted by Crippen LogP contribution is -2.48. The molecule has 1 aromatic carbocycles. The van der Waals surface area contributed by atoms with E-state index in [4.69, 9.17) is 9.47 Å². The Labute approximate surface area is 210 Å². The smallest absolute Gasteiger partial charge is 0.193 e. The van der Waals surface area contributed by atoms with Gasteiger partial charge in [-0.3, -0.25) is 14.8 Å². The van der Waals surface area contributed by atoms with E-state index in [1.54, 1.807) is 7.11 Å². The van der Waals surface area contributed by atoms with Crippen LogP contribution >= 0.6 is 24.0 Å². The van der Waals surface area contributed by atoms with E-state index >= 15 is 0 Å². The number of guanidine groups is 1. The molecule has 2 unspecified atom stereocenters. The van der Waals surface area contributed by atoms with Gasteiger partial charge in [0.25, 0.3) is 0 Å². The van der Waals surface area contributed by atoms with Crippen molar-refractivity contribution in [2.75, 3.05) is 73.2 Å². The summed E-state index contributed by atoms with van der Waals surface area (Å²) in [4.78, 5) is 12.3. The fourth-order valence-electron chi connectivity index (χ4n) is 5.30. The van der Waals surface area contributed by atoms with Crippen LogP contribution in [0.4, 0.5) is 0 Å². The first-order valence-corrected chi connectivity index (χ1v) is 11.9. The van der Waals surface area contributed by atoms with Crippen molar-refractivity contribution in [1.29, 1.82) is 0 Å². The summed E-state index contributed by atoms with van der Waals surface area (Å²) >= 11 is 0. The van der Waals surface area contributed by atoms with E-state index in [0.717, 1.165) is 70.7 Å². The first kappa shape index (κ1) is 25.5. The second-order valence-electron chi connectivity index (χ2n) is 8.82. The van der Waals surface area contributed by atoms with Gasteiger partial charge in [0.05, 0.1) is 26.4 Å². The first-order valence-electron chi connectivity index (χ1n) is 11.9. The van der Waals surface area contributed by atoms with E-state index in [9.17, 15) is 0 Å². The summed E-state index contributed by atoms with van der Waals surface area (Å²) < 4.78 is 11.3. The van der Waals surface area contributed by atoms with Gasteiger partial charge in [0.2, 0.25) is 0 Å². The van der Waals surface area contributed by atoms with E-state index in [2.05, 4.69) is 49.3 Å². The van der Waals surface area contributed by atoms with Crippen molar-refractivity contribution in [2.24, 2.45) is 4.99 Å². The van der Waals surface area contributed by atoms with E-state index in [1.807, 2.05) is 7.05 Å². The lowest BCUT2D eigenvalue weighted by atomic mass is 10.0. The molecular weight excluding hydrogens is 517 g/mol. The number of likely N-dealkylation sites (tertiary alicyclic amines) is 2. The van der Waals surface area contributed by atoms with Crippen LogP contribution < -0.4 is 10.1 Å². The summed E-state index contributed by atoms with van der Waals surface area (Å²) in [7, 11) is 3.68. The fraction of sp³-hybridized carbons (Fsp3) is 0.708. The van der Waals surface area contributed by atoms with Gasteiger partial charge in [-0.05, 0) is 38.4 Å². The summed E-state index contributed by atoms with van der Waals surface area (Å²) in [5.41, 5.74) is 1.27. The van der Waals surface area contributed by atoms with Gasteiger partial charge in [-0.2, -0.15) is 0 Å². The highest BCUT2D eigenvalue weighted by Gasteiger charge is 2.31. The maximum Gasteiger partial charge on any atom is 0.193 e. The number of benzene rings is 1. The fourth-order valence-corrected chi connectivity index (χ4v) is 5.30. The minimum Gasteiger partial charge on any atom is -0.496 e. The highest BCUT2D eigenvalue weighted by Crippen LogP contribution is 2.31. The number of piperidine rings is 1. The number of halogens is 1. The van der Waals surface area contributed by atoms with Crippen molar-refractivity contribution >= 4 is 29.9 Å². The Morgan fingerprint density at radius 2 is 1.88 bits per heavy atom. The summed E-state index contributed by atoms with van der Waals surface area (Å²) in [6, 6.07) is 9.36. The van der Waals surface area contributed by atoms with Crippen LogP contribution in [0.3, 0.4) is 0 Å². The van der Waals surface area contributed by atoms with Crippen molar-refractivity contribution in [3.63, 3.8) is 0 Å². The van der Waals surface area contributed by atoms with Crippen LogP contribution in [0.25, 0.3) is 0 Å². The molecule has 3 aliphatic rings. The van der Waals surface area contributed by atoms with Crippen molar-refractivity contribution in [3.05, 3.63) is 29.8 Å². The summed E-state index contributed by atoms with van der Waals surface area (Å²) in [5, 5.41) is 3.72. The first-order chi connectivity index (χ1) is 15.3. The third kappa shape index (κ3) is 6.27. The molecule has 0 aromatic heterocycles. The molecule has 32 heavy (non-hydrogen) atoms. The number of aliphatic imine (C=N–C) groups is 1. The van der Waals surface area contributed by atoms with Gasteiger partial charge in [-0.1, -0.05) is 24.6 Å². The van der Waals surface area contributed by atoms with Gasteiger partial charge >= 0.3 is 0 Å². The molecule has 3 saturated heterocycles. The Hall–Kier alpha value is -1.10. The molecule has 0 aliphatic carbocycles. The van der Waals surface area contributed by atoms with E-state index < -0.39 is 0 Å². The lowest BCUT2D eigenvalue weighted by molar-refractivity contribution is 0.0194. The average Bonchev–Trinajstić information content (AvgIpc) is 3.33. The summed E-state index contributed by atoms with van der Waals surface area (Å²) in [5.74, 6) is 2.00. The Kier molecular flexibility index (Phi) is 10.3. The molecule has 8 heteroatoms. The Morgan fingerprint density at radius 1 is 1.12 bits per heavy atom. The number of hydrogen-bond acceptors (Lipinski definition) is 5. The monoisotopic (exact) mass is 557 g/mol. The van der Waals surface area contributed by atoms with Crippen LogP contribution in [0.2, 0.25) is 0 Å². The molecule has 4 rings (SSSR count). The van der Waals surface area contributed by atoms with Crippen LogP contribution in [0.5, 0.6) is 5.75 Å². The maximum absolute atomic E-state index is 5.72. The van der Waals surface area contributed by atoms with Gasteiger partial charge < -0.3 is 19.7 Å². The summed E-state index contributed by atoms with van der Waals surface area (Å²) in [6.07, 6.45) is 5.07. The molecule has 180 valence electrons. The molecule has 3 fully saturated rings. The minimum atomic E-state index is 0. The number of nitrogens with one attached hydrogen (secondary N) is 1. The second kappa shape index (κ2) is 13.0. The third-order valence-corrected chi connectivity index (χ3v) is 7.02. The van der Waals surface area contributed by atoms with Gasteiger partial charge in [0.1, 0.15) is 5.75 Å². The number of ether oxygens (including phenoxy) is 2. The van der Waals surface area contributed by atoms with E-state index in [-0.39, 0.29) is 30.0 Å².